The van der Waals surface area contributed by atoms with Gasteiger partial charge in [0.25, 0.3) is 0 Å². The maximum Gasteiger partial charge on any atom is 0.0244 e. The van der Waals surface area contributed by atoms with Crippen molar-refractivity contribution >= 4 is 21.6 Å². The molecule has 0 aromatic rings. The van der Waals surface area contributed by atoms with E-state index in [0.29, 0.717) is 0 Å². The van der Waals surface area contributed by atoms with Gasteiger partial charge in [-0.2, -0.15) is 0 Å². The van der Waals surface area contributed by atoms with Crippen LogP contribution in [-0.4, -0.2) is 11.5 Å². The van der Waals surface area contributed by atoms with Crippen LogP contribution in [0.4, 0.5) is 0 Å². The summed E-state index contributed by atoms with van der Waals surface area (Å²) in [5.74, 6) is 2.30. The summed E-state index contributed by atoms with van der Waals surface area (Å²) in [6.07, 6.45) is 4.35. The Hall–Kier alpha value is 0.180. The lowest BCUT2D eigenvalue weighted by Gasteiger charge is -2.00. The van der Waals surface area contributed by atoms with Crippen molar-refractivity contribution in [3.8, 4) is 0 Å². The summed E-state index contributed by atoms with van der Waals surface area (Å²) in [4.78, 5) is 0. The van der Waals surface area contributed by atoms with Crippen molar-refractivity contribution in [2.75, 3.05) is 11.5 Å². The average molecular weight is 202 g/mol. The molecule has 0 heterocycles. The van der Waals surface area contributed by atoms with Gasteiger partial charge in [-0.05, 0) is 27.7 Å². The van der Waals surface area contributed by atoms with E-state index in [1.165, 1.54) is 11.1 Å². The van der Waals surface area contributed by atoms with Crippen LogP contribution in [0.3, 0.4) is 0 Å². The molecule has 0 bridgehead atoms. The zero-order valence-electron chi connectivity index (χ0n) is 8.39. The van der Waals surface area contributed by atoms with Crippen LogP contribution < -0.4 is 0 Å². The molecule has 0 amide bonds. The Kier molecular flexibility index (Phi) is 7.93. The highest BCUT2D eigenvalue weighted by molar-refractivity contribution is 8.76. The third kappa shape index (κ3) is 6.86. The molecule has 0 saturated carbocycles. The van der Waals surface area contributed by atoms with E-state index in [0.717, 1.165) is 11.5 Å². The van der Waals surface area contributed by atoms with Gasteiger partial charge in [-0.3, -0.25) is 0 Å². The van der Waals surface area contributed by atoms with Crippen molar-refractivity contribution in [1.29, 1.82) is 0 Å². The van der Waals surface area contributed by atoms with Crippen molar-refractivity contribution in [2.24, 2.45) is 0 Å². The van der Waals surface area contributed by atoms with Gasteiger partial charge in [-0.25, -0.2) is 0 Å². The lowest BCUT2D eigenvalue weighted by atomic mass is 10.3. The Morgan fingerprint density at radius 2 is 1.25 bits per heavy atom. The fraction of sp³-hybridized carbons (Fsp3) is 0.600. The third-order valence-corrected chi connectivity index (χ3v) is 4.16. The third-order valence-electron chi connectivity index (χ3n) is 1.64. The summed E-state index contributed by atoms with van der Waals surface area (Å²) in [7, 11) is 3.87. The fourth-order valence-corrected chi connectivity index (χ4v) is 2.92. The standard InChI is InChI=1S/C10H18S2/c1-5-9(3)7-11-12-8-10(4)6-2/h5-6H,7-8H2,1-4H3. The van der Waals surface area contributed by atoms with Gasteiger partial charge in [0.2, 0.25) is 0 Å². The molecule has 0 aliphatic carbocycles. The van der Waals surface area contributed by atoms with Crippen molar-refractivity contribution in [3.63, 3.8) is 0 Å². The summed E-state index contributed by atoms with van der Waals surface area (Å²) in [5.41, 5.74) is 2.93. The van der Waals surface area contributed by atoms with Crippen LogP contribution in [-0.2, 0) is 0 Å². The molecule has 0 nitrogen and oxygen atoms in total. The molecular weight excluding hydrogens is 184 g/mol. The average Bonchev–Trinajstić information content (AvgIpc) is 2.11. The van der Waals surface area contributed by atoms with E-state index >= 15 is 0 Å². The highest BCUT2D eigenvalue weighted by Gasteiger charge is 1.92. The molecule has 12 heavy (non-hydrogen) atoms. The van der Waals surface area contributed by atoms with E-state index < -0.39 is 0 Å². The van der Waals surface area contributed by atoms with E-state index in [-0.39, 0.29) is 0 Å². The molecule has 0 unspecified atom stereocenters. The molecule has 0 fully saturated rings. The highest BCUT2D eigenvalue weighted by atomic mass is 33.1. The summed E-state index contributed by atoms with van der Waals surface area (Å²) >= 11 is 0. The molecule has 0 aromatic heterocycles. The second kappa shape index (κ2) is 7.81. The van der Waals surface area contributed by atoms with Gasteiger partial charge in [-0.1, -0.05) is 44.9 Å². The quantitative estimate of drug-likeness (QED) is 0.370. The topological polar surface area (TPSA) is 0 Å². The predicted octanol–water partition coefficient (Wildman–Crippen LogP) is 4.30. The van der Waals surface area contributed by atoms with Crippen LogP contribution in [0.25, 0.3) is 0 Å². The molecule has 0 saturated heterocycles. The highest BCUT2D eigenvalue weighted by Crippen LogP contribution is 2.25. The van der Waals surface area contributed by atoms with E-state index in [1.807, 2.05) is 21.6 Å². The van der Waals surface area contributed by atoms with E-state index in [2.05, 4.69) is 39.8 Å². The largest absolute Gasteiger partial charge is 0.0894 e. The van der Waals surface area contributed by atoms with E-state index in [1.54, 1.807) is 0 Å². The van der Waals surface area contributed by atoms with Crippen LogP contribution in [0.15, 0.2) is 23.3 Å². The second-order valence-corrected chi connectivity index (χ2v) is 5.26. The summed E-state index contributed by atoms with van der Waals surface area (Å²) in [6, 6.07) is 0. The van der Waals surface area contributed by atoms with Crippen LogP contribution in [0.1, 0.15) is 27.7 Å². The summed E-state index contributed by atoms with van der Waals surface area (Å²) < 4.78 is 0. The number of rotatable bonds is 5. The Morgan fingerprint density at radius 3 is 1.50 bits per heavy atom. The monoisotopic (exact) mass is 202 g/mol. The Balaban J connectivity index is 3.34. The van der Waals surface area contributed by atoms with Gasteiger partial charge in [0.1, 0.15) is 0 Å². The van der Waals surface area contributed by atoms with E-state index in [4.69, 9.17) is 0 Å². The maximum atomic E-state index is 2.18. The first-order valence-corrected chi connectivity index (χ1v) is 6.67. The summed E-state index contributed by atoms with van der Waals surface area (Å²) in [5, 5.41) is 0. The zero-order chi connectivity index (χ0) is 9.40. The van der Waals surface area contributed by atoms with Gasteiger partial charge in [-0.15, -0.1) is 0 Å². The lowest BCUT2D eigenvalue weighted by molar-refractivity contribution is 1.38. The molecule has 2 heteroatoms. The minimum atomic E-state index is 1.15. The van der Waals surface area contributed by atoms with Crippen LogP contribution in [0, 0.1) is 0 Å². The predicted molar refractivity (Wildman–Crippen MR) is 63.8 cm³/mol. The van der Waals surface area contributed by atoms with Crippen LogP contribution in [0.2, 0.25) is 0 Å². The van der Waals surface area contributed by atoms with Crippen molar-refractivity contribution in [2.45, 2.75) is 27.7 Å². The first-order chi connectivity index (χ1) is 5.70. The van der Waals surface area contributed by atoms with Gasteiger partial charge in [0.05, 0.1) is 0 Å². The minimum absolute atomic E-state index is 1.15. The fourth-order valence-electron chi connectivity index (χ4n) is 0.436. The van der Waals surface area contributed by atoms with Gasteiger partial charge >= 0.3 is 0 Å². The zero-order valence-corrected chi connectivity index (χ0v) is 10.0. The number of allylic oxidation sites excluding steroid dienone is 2. The number of hydrogen-bond donors (Lipinski definition) is 0. The Morgan fingerprint density at radius 1 is 0.917 bits per heavy atom. The normalized spacial score (nSPS) is 13.7. The molecule has 0 aromatic carbocycles. The Bertz CT molecular complexity index is 149. The molecule has 0 atom stereocenters. The van der Waals surface area contributed by atoms with Crippen molar-refractivity contribution in [3.05, 3.63) is 23.3 Å². The molecule has 0 aliphatic rings. The SMILES string of the molecule is CC=C(C)CSSCC(C)=CC. The van der Waals surface area contributed by atoms with Gasteiger partial charge < -0.3 is 0 Å². The minimum Gasteiger partial charge on any atom is -0.0894 e. The summed E-state index contributed by atoms with van der Waals surface area (Å²) in [6.45, 7) is 8.54. The molecular formula is C10H18S2. The molecule has 0 aliphatic heterocycles. The maximum absolute atomic E-state index is 2.18. The smallest absolute Gasteiger partial charge is 0.0244 e. The molecule has 0 N–H and O–H groups in total. The first kappa shape index (κ1) is 12.2. The van der Waals surface area contributed by atoms with Gasteiger partial charge in [0.15, 0.2) is 0 Å². The molecule has 0 rings (SSSR count). The first-order valence-electron chi connectivity index (χ1n) is 4.18. The molecule has 70 valence electrons. The number of hydrogen-bond acceptors (Lipinski definition) is 2. The molecule has 0 spiro atoms. The Labute approximate surface area is 84.3 Å². The van der Waals surface area contributed by atoms with E-state index in [9.17, 15) is 0 Å². The van der Waals surface area contributed by atoms with Crippen LogP contribution in [0.5, 0.6) is 0 Å². The molecule has 0 radical (unpaired) electrons. The second-order valence-electron chi connectivity index (χ2n) is 2.79. The van der Waals surface area contributed by atoms with Gasteiger partial charge in [0, 0.05) is 11.5 Å². The van der Waals surface area contributed by atoms with Crippen LogP contribution >= 0.6 is 21.6 Å². The lowest BCUT2D eigenvalue weighted by Crippen LogP contribution is -1.80. The van der Waals surface area contributed by atoms with Crippen molar-refractivity contribution in [1.82, 2.24) is 0 Å². The van der Waals surface area contributed by atoms with Crippen molar-refractivity contribution < 1.29 is 0 Å².